The Hall–Kier alpha value is -1.95. The second-order valence-electron chi connectivity index (χ2n) is 4.40. The number of carbonyl (C=O) groups excluding carboxylic acids is 1. The molecular formula is C13H20N4O2. The normalized spacial score (nSPS) is 12.0. The minimum absolute atomic E-state index is 0.0612. The number of allylic oxidation sites excluding steroid dienone is 1. The number of nitrogens with zero attached hydrogens (tertiary/aromatic N) is 3. The fourth-order valence-corrected chi connectivity index (χ4v) is 1.65. The lowest BCUT2D eigenvalue weighted by Gasteiger charge is -2.21. The van der Waals surface area contributed by atoms with Gasteiger partial charge in [0.2, 0.25) is 6.41 Å². The van der Waals surface area contributed by atoms with Crippen molar-refractivity contribution >= 4 is 12.2 Å². The number of nitrogens with two attached hydrogens (primary N) is 1. The molecule has 104 valence electrons. The lowest BCUT2D eigenvalue weighted by Crippen LogP contribution is -2.21. The van der Waals surface area contributed by atoms with Gasteiger partial charge in [-0.3, -0.25) is 4.79 Å². The number of anilines is 1. The quantitative estimate of drug-likeness (QED) is 0.748. The van der Waals surface area contributed by atoms with Gasteiger partial charge in [0, 0.05) is 24.1 Å². The number of hydrogen-bond acceptors (Lipinski definition) is 5. The highest BCUT2D eigenvalue weighted by molar-refractivity contribution is 5.53. The van der Waals surface area contributed by atoms with Crippen LogP contribution in [0.5, 0.6) is 0 Å². The number of aryl methyl sites for hydroxylation is 1. The maximum Gasteiger partial charge on any atom is 0.214 e. The van der Waals surface area contributed by atoms with Crippen LogP contribution in [0.3, 0.4) is 0 Å². The molecule has 0 unspecified atom stereocenters. The molecule has 0 aromatic carbocycles. The summed E-state index contributed by atoms with van der Waals surface area (Å²) < 4.78 is 0. The Morgan fingerprint density at radius 1 is 1.53 bits per heavy atom. The molecule has 19 heavy (non-hydrogen) atoms. The van der Waals surface area contributed by atoms with E-state index in [1.807, 2.05) is 13.8 Å². The summed E-state index contributed by atoms with van der Waals surface area (Å²) in [5.41, 5.74) is 8.28. The summed E-state index contributed by atoms with van der Waals surface area (Å²) in [5.74, 6) is 0.981. The average Bonchev–Trinajstić information content (AvgIpc) is 2.37. The van der Waals surface area contributed by atoms with E-state index in [0.29, 0.717) is 30.2 Å². The number of aromatic nitrogens is 2. The molecule has 0 saturated heterocycles. The minimum Gasteiger partial charge on any atom is -0.396 e. The van der Waals surface area contributed by atoms with E-state index in [1.165, 1.54) is 4.90 Å². The van der Waals surface area contributed by atoms with Gasteiger partial charge in [-0.1, -0.05) is 5.57 Å². The predicted octanol–water partition coefficient (Wildman–Crippen LogP) is 1.00. The van der Waals surface area contributed by atoms with E-state index < -0.39 is 0 Å². The van der Waals surface area contributed by atoms with Crippen molar-refractivity contribution in [3.63, 3.8) is 0 Å². The van der Waals surface area contributed by atoms with Crippen molar-refractivity contribution < 1.29 is 9.90 Å². The molecule has 6 heteroatoms. The van der Waals surface area contributed by atoms with Crippen molar-refractivity contribution in [2.75, 3.05) is 12.3 Å². The number of nitrogen functional groups attached to an aromatic ring is 1. The van der Waals surface area contributed by atoms with Gasteiger partial charge in [0.25, 0.3) is 0 Å². The van der Waals surface area contributed by atoms with E-state index in [4.69, 9.17) is 10.8 Å². The van der Waals surface area contributed by atoms with Crippen LogP contribution in [0, 0.1) is 6.92 Å². The molecule has 0 aliphatic heterocycles. The van der Waals surface area contributed by atoms with Gasteiger partial charge in [-0.25, -0.2) is 9.97 Å². The van der Waals surface area contributed by atoms with Crippen molar-refractivity contribution in [1.29, 1.82) is 0 Å². The van der Waals surface area contributed by atoms with Crippen LogP contribution in [0.15, 0.2) is 17.5 Å². The smallest absolute Gasteiger partial charge is 0.214 e. The monoisotopic (exact) mass is 264 g/mol. The lowest BCUT2D eigenvalue weighted by molar-refractivity contribution is -0.117. The molecule has 0 saturated carbocycles. The molecule has 0 aliphatic carbocycles. The highest BCUT2D eigenvalue weighted by Crippen LogP contribution is 2.16. The van der Waals surface area contributed by atoms with Crippen LogP contribution in [0.25, 0.3) is 0 Å². The molecule has 0 fully saturated rings. The maximum absolute atomic E-state index is 11.2. The highest BCUT2D eigenvalue weighted by Gasteiger charge is 2.11. The first-order chi connectivity index (χ1) is 8.99. The first kappa shape index (κ1) is 15.1. The van der Waals surface area contributed by atoms with Crippen molar-refractivity contribution in [2.45, 2.75) is 33.7 Å². The fourth-order valence-electron chi connectivity index (χ4n) is 1.65. The molecule has 3 N–H and O–H groups in total. The second kappa shape index (κ2) is 6.84. The fraction of sp³-hybridized carbons (Fsp3) is 0.462. The molecule has 1 aromatic heterocycles. The van der Waals surface area contributed by atoms with Crippen LogP contribution in [-0.2, 0) is 11.3 Å². The Kier molecular flexibility index (Phi) is 5.44. The molecule has 0 bridgehead atoms. The van der Waals surface area contributed by atoms with Gasteiger partial charge in [-0.2, -0.15) is 0 Å². The third-order valence-corrected chi connectivity index (χ3v) is 3.02. The molecule has 6 nitrogen and oxygen atoms in total. The zero-order valence-electron chi connectivity index (χ0n) is 11.6. The summed E-state index contributed by atoms with van der Waals surface area (Å²) in [6, 6.07) is 0. The van der Waals surface area contributed by atoms with Crippen LogP contribution in [0.2, 0.25) is 0 Å². The summed E-state index contributed by atoms with van der Waals surface area (Å²) in [6.07, 6.45) is 2.91. The molecule has 0 radical (unpaired) electrons. The van der Waals surface area contributed by atoms with Gasteiger partial charge in [-0.05, 0) is 27.2 Å². The molecule has 1 aromatic rings. The van der Waals surface area contributed by atoms with Crippen LogP contribution in [0.1, 0.15) is 31.7 Å². The van der Waals surface area contributed by atoms with Crippen LogP contribution in [0.4, 0.5) is 5.82 Å². The van der Waals surface area contributed by atoms with Crippen molar-refractivity contribution in [3.8, 4) is 0 Å². The Balaban J connectivity index is 2.93. The van der Waals surface area contributed by atoms with E-state index >= 15 is 0 Å². The summed E-state index contributed by atoms with van der Waals surface area (Å²) in [6.45, 7) is 5.87. The van der Waals surface area contributed by atoms with Crippen molar-refractivity contribution in [2.24, 2.45) is 0 Å². The van der Waals surface area contributed by atoms with Crippen LogP contribution < -0.4 is 5.73 Å². The molecule has 0 atom stereocenters. The number of aliphatic hydroxyl groups excluding tert-OH is 1. The highest BCUT2D eigenvalue weighted by atomic mass is 16.3. The average molecular weight is 264 g/mol. The standard InChI is InChI=1S/C13H20N4O2/c1-9(4-5-18)10(2)17(8-19)7-12-6-15-11(3)16-13(12)14/h6,8,18H,4-5,7H2,1-3H3,(H2,14,15,16)/b10-9+. The van der Waals surface area contributed by atoms with Gasteiger partial charge in [0.05, 0.1) is 6.54 Å². The summed E-state index contributed by atoms with van der Waals surface area (Å²) >= 11 is 0. The number of carbonyl (C=O) groups is 1. The molecule has 1 heterocycles. The Labute approximate surface area is 113 Å². The number of amides is 1. The third-order valence-electron chi connectivity index (χ3n) is 3.02. The SMILES string of the molecule is C/C(CCO)=C(/C)N(C=O)Cc1cnc(C)nc1N. The first-order valence-electron chi connectivity index (χ1n) is 6.06. The van der Waals surface area contributed by atoms with Gasteiger partial charge in [-0.15, -0.1) is 0 Å². The van der Waals surface area contributed by atoms with E-state index in [0.717, 1.165) is 17.7 Å². The van der Waals surface area contributed by atoms with Gasteiger partial charge in [0.15, 0.2) is 0 Å². The topological polar surface area (TPSA) is 92.3 Å². The molecule has 0 aliphatic rings. The van der Waals surface area contributed by atoms with E-state index in [-0.39, 0.29) is 6.61 Å². The predicted molar refractivity (Wildman–Crippen MR) is 72.9 cm³/mol. The Bertz CT molecular complexity index is 486. The molecular weight excluding hydrogens is 244 g/mol. The van der Waals surface area contributed by atoms with Crippen molar-refractivity contribution in [3.05, 3.63) is 28.9 Å². The van der Waals surface area contributed by atoms with Crippen LogP contribution >= 0.6 is 0 Å². The van der Waals surface area contributed by atoms with Gasteiger partial charge >= 0.3 is 0 Å². The van der Waals surface area contributed by atoms with Gasteiger partial charge in [0.1, 0.15) is 11.6 Å². The zero-order valence-corrected chi connectivity index (χ0v) is 11.6. The number of rotatable bonds is 6. The zero-order chi connectivity index (χ0) is 14.4. The summed E-state index contributed by atoms with van der Waals surface area (Å²) in [7, 11) is 0. The number of hydrogen-bond donors (Lipinski definition) is 2. The largest absolute Gasteiger partial charge is 0.396 e. The molecule has 1 rings (SSSR count). The van der Waals surface area contributed by atoms with E-state index in [1.54, 1.807) is 13.1 Å². The maximum atomic E-state index is 11.2. The van der Waals surface area contributed by atoms with Crippen molar-refractivity contribution in [1.82, 2.24) is 14.9 Å². The minimum atomic E-state index is 0.0612. The number of aliphatic hydroxyl groups is 1. The van der Waals surface area contributed by atoms with Gasteiger partial charge < -0.3 is 15.7 Å². The Morgan fingerprint density at radius 3 is 2.74 bits per heavy atom. The molecule has 0 spiro atoms. The Morgan fingerprint density at radius 2 is 2.21 bits per heavy atom. The van der Waals surface area contributed by atoms with Crippen LogP contribution in [-0.4, -0.2) is 33.0 Å². The lowest BCUT2D eigenvalue weighted by atomic mass is 10.1. The third kappa shape index (κ3) is 4.03. The van der Waals surface area contributed by atoms with E-state index in [9.17, 15) is 4.79 Å². The van der Waals surface area contributed by atoms with E-state index in [2.05, 4.69) is 9.97 Å². The molecule has 1 amide bonds. The summed E-state index contributed by atoms with van der Waals surface area (Å²) in [4.78, 5) is 20.9. The second-order valence-corrected chi connectivity index (χ2v) is 4.40. The summed E-state index contributed by atoms with van der Waals surface area (Å²) in [5, 5.41) is 8.92. The first-order valence-corrected chi connectivity index (χ1v) is 6.06.